The lowest BCUT2D eigenvalue weighted by Gasteiger charge is -2.25. The number of hydrogen-bond donors (Lipinski definition) is 0. The molecule has 0 aromatic carbocycles. The summed E-state index contributed by atoms with van der Waals surface area (Å²) in [4.78, 5) is 0. The van der Waals surface area contributed by atoms with Crippen molar-refractivity contribution in [1.82, 2.24) is 0 Å². The number of ether oxygens (including phenoxy) is 2. The predicted molar refractivity (Wildman–Crippen MR) is 76.1 cm³/mol. The van der Waals surface area contributed by atoms with E-state index in [0.717, 1.165) is 25.3 Å². The van der Waals surface area contributed by atoms with E-state index < -0.39 is 9.28 Å². The molecule has 0 amide bonds. The molecule has 0 spiro atoms. The Hall–Kier alpha value is 0.0569. The molecule has 0 aliphatic heterocycles. The van der Waals surface area contributed by atoms with Crippen molar-refractivity contribution in [3.05, 3.63) is 0 Å². The zero-order valence-electron chi connectivity index (χ0n) is 12.8. The van der Waals surface area contributed by atoms with E-state index in [1.807, 2.05) is 0 Å². The van der Waals surface area contributed by atoms with Gasteiger partial charge in [-0.1, -0.05) is 13.8 Å². The minimum Gasteiger partial charge on any atom is -0.400 e. The Morgan fingerprint density at radius 2 is 1.33 bits per heavy atom. The molecule has 2 atom stereocenters. The van der Waals surface area contributed by atoms with Gasteiger partial charge in [0, 0.05) is 20.6 Å². The van der Waals surface area contributed by atoms with Gasteiger partial charge < -0.3 is 18.3 Å². The first-order chi connectivity index (χ1) is 8.57. The van der Waals surface area contributed by atoms with Gasteiger partial charge in [0.15, 0.2) is 6.29 Å². The van der Waals surface area contributed by atoms with E-state index in [1.165, 1.54) is 0 Å². The molecule has 0 heterocycles. The van der Waals surface area contributed by atoms with E-state index in [9.17, 15) is 0 Å². The van der Waals surface area contributed by atoms with Crippen LogP contribution in [0.4, 0.5) is 0 Å². The van der Waals surface area contributed by atoms with E-state index in [-0.39, 0.29) is 18.5 Å². The Kier molecular flexibility index (Phi) is 11.0. The third-order valence-corrected chi connectivity index (χ3v) is 4.94. The normalized spacial score (nSPS) is 16.8. The van der Waals surface area contributed by atoms with Crippen LogP contribution in [0.25, 0.3) is 0 Å². The van der Waals surface area contributed by atoms with E-state index in [2.05, 4.69) is 27.7 Å². The van der Waals surface area contributed by atoms with Crippen LogP contribution in [0.15, 0.2) is 0 Å². The van der Waals surface area contributed by atoms with Crippen LogP contribution in [0.3, 0.4) is 0 Å². The van der Waals surface area contributed by atoms with Crippen molar-refractivity contribution in [3.63, 3.8) is 0 Å². The molecule has 0 radical (unpaired) electrons. The largest absolute Gasteiger partial charge is 0.400 e. The lowest BCUT2D eigenvalue weighted by Crippen LogP contribution is -2.29. The highest BCUT2D eigenvalue weighted by Gasteiger charge is 2.19. The summed E-state index contributed by atoms with van der Waals surface area (Å²) in [6.45, 7) is 8.39. The first-order valence-corrected chi connectivity index (χ1v) is 8.69. The summed E-state index contributed by atoms with van der Waals surface area (Å²) in [5.74, 6) is 0. The van der Waals surface area contributed by atoms with Gasteiger partial charge in [0.25, 0.3) is 0 Å². The highest BCUT2D eigenvalue weighted by Crippen LogP contribution is 2.15. The highest BCUT2D eigenvalue weighted by atomic mass is 28.3. The van der Waals surface area contributed by atoms with E-state index >= 15 is 0 Å². The third kappa shape index (κ3) is 8.21. The molecule has 4 nitrogen and oxygen atoms in total. The van der Waals surface area contributed by atoms with Crippen molar-refractivity contribution >= 4 is 9.28 Å². The van der Waals surface area contributed by atoms with Crippen LogP contribution >= 0.6 is 0 Å². The average molecular weight is 278 g/mol. The van der Waals surface area contributed by atoms with Crippen molar-refractivity contribution in [2.75, 3.05) is 14.2 Å². The van der Waals surface area contributed by atoms with Crippen molar-refractivity contribution < 1.29 is 18.3 Å². The van der Waals surface area contributed by atoms with Gasteiger partial charge in [0.05, 0.1) is 12.2 Å². The highest BCUT2D eigenvalue weighted by molar-refractivity contribution is 6.44. The van der Waals surface area contributed by atoms with Gasteiger partial charge in [0.1, 0.15) is 0 Å². The molecule has 0 aromatic heterocycles. The van der Waals surface area contributed by atoms with Crippen molar-refractivity contribution in [2.24, 2.45) is 0 Å². The molecule has 0 N–H and O–H groups in total. The molecule has 0 fully saturated rings. The molecule has 0 rings (SSSR count). The molecule has 0 bridgehead atoms. The van der Waals surface area contributed by atoms with Gasteiger partial charge in [-0.15, -0.1) is 0 Å². The van der Waals surface area contributed by atoms with Gasteiger partial charge >= 0.3 is 9.28 Å². The fourth-order valence-corrected chi connectivity index (χ4v) is 2.69. The molecule has 110 valence electrons. The second kappa shape index (κ2) is 10.9. The molecular weight excluding hydrogens is 248 g/mol. The topological polar surface area (TPSA) is 36.9 Å². The van der Waals surface area contributed by atoms with Gasteiger partial charge in [-0.05, 0) is 32.7 Å². The van der Waals surface area contributed by atoms with E-state index in [4.69, 9.17) is 18.3 Å². The second-order valence-electron chi connectivity index (χ2n) is 4.62. The fraction of sp³-hybridized carbons (Fsp3) is 1.00. The summed E-state index contributed by atoms with van der Waals surface area (Å²) in [5, 5.41) is 0. The lowest BCUT2D eigenvalue weighted by molar-refractivity contribution is -0.189. The Balaban J connectivity index is 4.18. The van der Waals surface area contributed by atoms with Crippen LogP contribution < -0.4 is 0 Å². The maximum Gasteiger partial charge on any atom is 0.321 e. The summed E-state index contributed by atoms with van der Waals surface area (Å²) in [6, 6.07) is 0.907. The van der Waals surface area contributed by atoms with Gasteiger partial charge in [-0.2, -0.15) is 0 Å². The minimum atomic E-state index is -1.52. The maximum absolute atomic E-state index is 5.90. The standard InChI is InChI=1S/C13H30O4Si/c1-7-11(3)16-13(17-12(4)8-2)9-10-18(14-5)15-6/h11-13,18H,7-10H2,1-6H3. The summed E-state index contributed by atoms with van der Waals surface area (Å²) in [6.07, 6.45) is 3.14. The second-order valence-corrected chi connectivity index (χ2v) is 7.00. The molecule has 0 saturated carbocycles. The van der Waals surface area contributed by atoms with Gasteiger partial charge in [0.2, 0.25) is 0 Å². The number of hydrogen-bond acceptors (Lipinski definition) is 4. The van der Waals surface area contributed by atoms with Crippen molar-refractivity contribution in [3.8, 4) is 0 Å². The predicted octanol–water partition coefficient (Wildman–Crippen LogP) is 2.85. The lowest BCUT2D eigenvalue weighted by atomic mass is 10.3. The Morgan fingerprint density at radius 3 is 1.67 bits per heavy atom. The Bertz CT molecular complexity index is 176. The van der Waals surface area contributed by atoms with Crippen LogP contribution in [-0.4, -0.2) is 42.0 Å². The van der Waals surface area contributed by atoms with Crippen molar-refractivity contribution in [2.45, 2.75) is 71.5 Å². The van der Waals surface area contributed by atoms with Crippen LogP contribution in [0.1, 0.15) is 47.0 Å². The summed E-state index contributed by atoms with van der Waals surface area (Å²) >= 11 is 0. The van der Waals surface area contributed by atoms with Gasteiger partial charge in [-0.25, -0.2) is 0 Å². The van der Waals surface area contributed by atoms with Crippen LogP contribution in [0.2, 0.25) is 6.04 Å². The summed E-state index contributed by atoms with van der Waals surface area (Å²) in [5.41, 5.74) is 0. The molecule has 0 aromatic rings. The Morgan fingerprint density at radius 1 is 0.889 bits per heavy atom. The SMILES string of the molecule is CCC(C)OC(CC[SiH](OC)OC)OC(C)CC. The summed E-state index contributed by atoms with van der Waals surface area (Å²) in [7, 11) is 1.90. The quantitative estimate of drug-likeness (QED) is 0.430. The zero-order chi connectivity index (χ0) is 14.0. The van der Waals surface area contributed by atoms with Crippen molar-refractivity contribution in [1.29, 1.82) is 0 Å². The van der Waals surface area contributed by atoms with E-state index in [0.29, 0.717) is 0 Å². The molecule has 2 unspecified atom stereocenters. The smallest absolute Gasteiger partial charge is 0.321 e. The third-order valence-electron chi connectivity index (χ3n) is 3.08. The first kappa shape index (κ1) is 18.1. The fourth-order valence-electron chi connectivity index (χ4n) is 1.48. The van der Waals surface area contributed by atoms with Gasteiger partial charge in [-0.3, -0.25) is 0 Å². The number of rotatable bonds is 11. The van der Waals surface area contributed by atoms with Crippen LogP contribution in [-0.2, 0) is 18.3 Å². The van der Waals surface area contributed by atoms with E-state index in [1.54, 1.807) is 14.2 Å². The van der Waals surface area contributed by atoms with Crippen LogP contribution in [0.5, 0.6) is 0 Å². The molecule has 5 heteroatoms. The molecule has 0 aliphatic carbocycles. The molecular formula is C13H30O4Si. The molecule has 0 saturated heterocycles. The maximum atomic E-state index is 5.90. The monoisotopic (exact) mass is 278 g/mol. The Labute approximate surface area is 114 Å². The molecule has 18 heavy (non-hydrogen) atoms. The average Bonchev–Trinajstić information content (AvgIpc) is 2.39. The molecule has 0 aliphatic rings. The zero-order valence-corrected chi connectivity index (χ0v) is 13.9. The summed E-state index contributed by atoms with van der Waals surface area (Å²) < 4.78 is 22.4. The van der Waals surface area contributed by atoms with Crippen LogP contribution in [0, 0.1) is 0 Å². The minimum absolute atomic E-state index is 0.143. The first-order valence-electron chi connectivity index (χ1n) is 6.93.